The van der Waals surface area contributed by atoms with Crippen molar-refractivity contribution >= 4 is 11.5 Å². The molecule has 7 heteroatoms. The van der Waals surface area contributed by atoms with Crippen molar-refractivity contribution in [2.75, 3.05) is 19.7 Å². The van der Waals surface area contributed by atoms with Crippen LogP contribution in [0.5, 0.6) is 0 Å². The van der Waals surface area contributed by atoms with Crippen molar-refractivity contribution in [2.45, 2.75) is 31.4 Å². The molecule has 0 spiro atoms. The van der Waals surface area contributed by atoms with Crippen LogP contribution in [-0.4, -0.2) is 45.2 Å². The minimum absolute atomic E-state index is 0.0829. The van der Waals surface area contributed by atoms with Gasteiger partial charge in [-0.3, -0.25) is 4.90 Å². The lowest BCUT2D eigenvalue weighted by atomic mass is 10.0. The molecule has 4 heterocycles. The monoisotopic (exact) mass is 292 g/mol. The Hall–Kier alpha value is -1.31. The normalized spacial score (nSPS) is 27.4. The van der Waals surface area contributed by atoms with Crippen LogP contribution in [0.2, 0.25) is 0 Å². The van der Waals surface area contributed by atoms with Crippen LogP contribution >= 0.6 is 11.5 Å². The second-order valence-corrected chi connectivity index (χ2v) is 5.97. The van der Waals surface area contributed by atoms with Crippen molar-refractivity contribution in [3.63, 3.8) is 0 Å². The number of fused-ring (bicyclic) bond motifs is 1. The summed E-state index contributed by atoms with van der Waals surface area (Å²) in [5, 5.41) is 5.96. The van der Waals surface area contributed by atoms with Crippen molar-refractivity contribution < 1.29 is 9.26 Å². The second kappa shape index (κ2) is 5.23. The molecule has 0 bridgehead atoms. The predicted octanol–water partition coefficient (Wildman–Crippen LogP) is 2.12. The standard InChI is InChI=1S/C13H16N4O2S/c1-2-5-17-7-11(18-8-9(17)3-1)12-14-13(19-15-12)10-4-6-20-16-10/h4,6,9,11H,1-3,5,7-8H2/t9?,11-/m1/s1. The van der Waals surface area contributed by atoms with Gasteiger partial charge in [0.25, 0.3) is 5.89 Å². The van der Waals surface area contributed by atoms with Crippen LogP contribution in [0.15, 0.2) is 16.0 Å². The molecule has 20 heavy (non-hydrogen) atoms. The molecule has 2 fully saturated rings. The van der Waals surface area contributed by atoms with Gasteiger partial charge in [0.1, 0.15) is 11.8 Å². The number of piperidine rings is 1. The van der Waals surface area contributed by atoms with Gasteiger partial charge in [-0.2, -0.15) is 9.36 Å². The molecule has 0 aliphatic carbocycles. The highest BCUT2D eigenvalue weighted by molar-refractivity contribution is 7.03. The zero-order valence-corrected chi connectivity index (χ0v) is 11.9. The first-order valence-corrected chi connectivity index (χ1v) is 7.84. The molecule has 0 aromatic carbocycles. The van der Waals surface area contributed by atoms with Crippen LogP contribution in [0.4, 0.5) is 0 Å². The van der Waals surface area contributed by atoms with Gasteiger partial charge < -0.3 is 9.26 Å². The average molecular weight is 292 g/mol. The number of ether oxygens (including phenoxy) is 1. The molecule has 2 aliphatic rings. The molecule has 2 aliphatic heterocycles. The van der Waals surface area contributed by atoms with Gasteiger partial charge >= 0.3 is 0 Å². The van der Waals surface area contributed by atoms with E-state index in [0.29, 0.717) is 17.8 Å². The fourth-order valence-electron chi connectivity index (χ4n) is 2.93. The van der Waals surface area contributed by atoms with E-state index < -0.39 is 0 Å². The molecule has 2 saturated heterocycles. The SMILES string of the molecule is c1cc(-c2nc([C@H]3CN4CCCCC4CO3)no2)ns1. The summed E-state index contributed by atoms with van der Waals surface area (Å²) in [5.41, 5.74) is 0.736. The smallest absolute Gasteiger partial charge is 0.277 e. The highest BCUT2D eigenvalue weighted by Gasteiger charge is 2.33. The Bertz CT molecular complexity index is 571. The van der Waals surface area contributed by atoms with Crippen molar-refractivity contribution in [1.29, 1.82) is 0 Å². The molecule has 106 valence electrons. The topological polar surface area (TPSA) is 64.3 Å². The number of nitrogens with zero attached hydrogens (tertiary/aromatic N) is 4. The molecular weight excluding hydrogens is 276 g/mol. The predicted molar refractivity (Wildman–Crippen MR) is 73.3 cm³/mol. The summed E-state index contributed by atoms with van der Waals surface area (Å²) in [6.07, 6.45) is 3.74. The van der Waals surface area contributed by atoms with Gasteiger partial charge in [0.05, 0.1) is 6.61 Å². The zero-order chi connectivity index (χ0) is 13.4. The third kappa shape index (κ3) is 2.25. The van der Waals surface area contributed by atoms with E-state index in [1.54, 1.807) is 0 Å². The second-order valence-electron chi connectivity index (χ2n) is 5.31. The van der Waals surface area contributed by atoms with E-state index >= 15 is 0 Å². The van der Waals surface area contributed by atoms with E-state index in [1.807, 2.05) is 11.4 Å². The maximum absolute atomic E-state index is 5.92. The highest BCUT2D eigenvalue weighted by atomic mass is 32.1. The van der Waals surface area contributed by atoms with E-state index in [0.717, 1.165) is 25.4 Å². The lowest BCUT2D eigenvalue weighted by Gasteiger charge is -2.41. The molecule has 0 saturated carbocycles. The summed E-state index contributed by atoms with van der Waals surface area (Å²) >= 11 is 1.38. The highest BCUT2D eigenvalue weighted by Crippen LogP contribution is 2.29. The Kier molecular flexibility index (Phi) is 3.25. The first-order valence-electron chi connectivity index (χ1n) is 7.00. The number of rotatable bonds is 2. The summed E-state index contributed by atoms with van der Waals surface area (Å²) in [6.45, 7) is 2.78. The lowest BCUT2D eigenvalue weighted by molar-refractivity contribution is -0.0805. The summed E-state index contributed by atoms with van der Waals surface area (Å²) in [4.78, 5) is 6.93. The van der Waals surface area contributed by atoms with Gasteiger partial charge in [0, 0.05) is 18.0 Å². The first-order chi connectivity index (χ1) is 9.90. The fraction of sp³-hybridized carbons (Fsp3) is 0.615. The van der Waals surface area contributed by atoms with E-state index in [2.05, 4.69) is 19.4 Å². The Morgan fingerprint density at radius 3 is 3.25 bits per heavy atom. The van der Waals surface area contributed by atoms with Crippen molar-refractivity contribution in [3.8, 4) is 11.6 Å². The van der Waals surface area contributed by atoms with Crippen molar-refractivity contribution in [3.05, 3.63) is 17.3 Å². The van der Waals surface area contributed by atoms with E-state index in [-0.39, 0.29) is 6.10 Å². The summed E-state index contributed by atoms with van der Waals surface area (Å²) in [7, 11) is 0. The Labute approximate surface area is 120 Å². The molecule has 2 aromatic rings. The van der Waals surface area contributed by atoms with Crippen molar-refractivity contribution in [1.82, 2.24) is 19.4 Å². The molecule has 0 amide bonds. The van der Waals surface area contributed by atoms with E-state index in [1.165, 1.54) is 30.8 Å². The van der Waals surface area contributed by atoms with Crippen LogP contribution in [0.3, 0.4) is 0 Å². The van der Waals surface area contributed by atoms with Gasteiger partial charge in [-0.1, -0.05) is 11.6 Å². The minimum Gasteiger partial charge on any atom is -0.367 e. The maximum atomic E-state index is 5.92. The van der Waals surface area contributed by atoms with E-state index in [9.17, 15) is 0 Å². The van der Waals surface area contributed by atoms with Crippen LogP contribution < -0.4 is 0 Å². The summed E-state index contributed by atoms with van der Waals surface area (Å²) in [5.74, 6) is 1.11. The Morgan fingerprint density at radius 2 is 2.35 bits per heavy atom. The molecule has 2 aromatic heterocycles. The summed E-state index contributed by atoms with van der Waals surface area (Å²) < 4.78 is 15.4. The first kappa shape index (κ1) is 12.4. The van der Waals surface area contributed by atoms with Gasteiger partial charge in [0.15, 0.2) is 0 Å². The largest absolute Gasteiger partial charge is 0.367 e. The van der Waals surface area contributed by atoms with E-state index in [4.69, 9.17) is 9.26 Å². The Morgan fingerprint density at radius 1 is 1.35 bits per heavy atom. The van der Waals surface area contributed by atoms with Gasteiger partial charge in [-0.05, 0) is 37.0 Å². The maximum Gasteiger partial charge on any atom is 0.277 e. The number of morpholine rings is 1. The molecular formula is C13H16N4O2S. The fourth-order valence-corrected chi connectivity index (χ4v) is 3.43. The van der Waals surface area contributed by atoms with Crippen LogP contribution in [0.1, 0.15) is 31.2 Å². The molecule has 0 radical (unpaired) electrons. The van der Waals surface area contributed by atoms with Crippen LogP contribution in [-0.2, 0) is 4.74 Å². The number of aromatic nitrogens is 3. The van der Waals surface area contributed by atoms with Gasteiger partial charge in [-0.15, -0.1) is 0 Å². The van der Waals surface area contributed by atoms with Gasteiger partial charge in [-0.25, -0.2) is 0 Å². The third-order valence-electron chi connectivity index (χ3n) is 4.03. The lowest BCUT2D eigenvalue weighted by Crippen LogP contribution is -2.49. The minimum atomic E-state index is -0.0829. The molecule has 0 N–H and O–H groups in total. The zero-order valence-electron chi connectivity index (χ0n) is 11.1. The molecule has 4 rings (SSSR count). The van der Waals surface area contributed by atoms with Gasteiger partial charge in [0.2, 0.25) is 5.82 Å². The van der Waals surface area contributed by atoms with Crippen molar-refractivity contribution in [2.24, 2.45) is 0 Å². The summed E-state index contributed by atoms with van der Waals surface area (Å²) in [6, 6.07) is 2.45. The van der Waals surface area contributed by atoms with Crippen LogP contribution in [0.25, 0.3) is 11.6 Å². The Balaban J connectivity index is 1.50. The molecule has 2 atom stereocenters. The molecule has 6 nitrogen and oxygen atoms in total. The number of hydrogen-bond acceptors (Lipinski definition) is 7. The number of hydrogen-bond donors (Lipinski definition) is 0. The van der Waals surface area contributed by atoms with Crippen LogP contribution in [0, 0.1) is 0 Å². The average Bonchev–Trinajstić information content (AvgIpc) is 3.17. The molecule has 1 unspecified atom stereocenters. The third-order valence-corrected chi connectivity index (χ3v) is 4.59. The quantitative estimate of drug-likeness (QED) is 0.845.